The van der Waals surface area contributed by atoms with Crippen molar-refractivity contribution in [2.45, 2.75) is 258 Å². The van der Waals surface area contributed by atoms with Crippen molar-refractivity contribution in [2.75, 3.05) is 13.2 Å². The molecule has 6 nitrogen and oxygen atoms in total. The Morgan fingerprint density at radius 2 is 0.619 bits per heavy atom. The fraction of sp³-hybridized carbons (Fsp3) is 0.737. The SMILES string of the molecule is CC/C=C\C/C=C\C/C=C\C/C=C\CCCCC(=O)OC(COC(=O)CCCCCCCCC/C=C\CCCCCC)COC(=O)CCCCCCCCC/C=C\CCCCCC. The topological polar surface area (TPSA) is 78.9 Å². The van der Waals surface area contributed by atoms with Gasteiger partial charge in [-0.15, -0.1) is 0 Å². The quantitative estimate of drug-likeness (QED) is 0.0262. The molecule has 0 rings (SSSR count). The first kappa shape index (κ1) is 59.9. The Bertz CT molecular complexity index is 1140. The minimum absolute atomic E-state index is 0.0955. The molecule has 0 unspecified atom stereocenters. The molecule has 0 saturated carbocycles. The van der Waals surface area contributed by atoms with E-state index in [1.807, 2.05) is 0 Å². The molecule has 0 fully saturated rings. The maximum Gasteiger partial charge on any atom is 0.306 e. The molecular weight excluding hydrogens is 781 g/mol. The van der Waals surface area contributed by atoms with E-state index in [0.29, 0.717) is 19.3 Å². The zero-order valence-electron chi connectivity index (χ0n) is 41.3. The molecule has 0 aromatic carbocycles. The number of rotatable bonds is 47. The Kier molecular flexibility index (Phi) is 48.9. The highest BCUT2D eigenvalue weighted by atomic mass is 16.6. The zero-order chi connectivity index (χ0) is 45.8. The third-order valence-electron chi connectivity index (χ3n) is 11.2. The van der Waals surface area contributed by atoms with E-state index in [9.17, 15) is 14.4 Å². The van der Waals surface area contributed by atoms with Crippen molar-refractivity contribution in [3.05, 3.63) is 72.9 Å². The molecule has 0 radical (unpaired) electrons. The molecule has 0 aliphatic rings. The van der Waals surface area contributed by atoms with E-state index >= 15 is 0 Å². The zero-order valence-corrected chi connectivity index (χ0v) is 41.3. The second-order valence-corrected chi connectivity index (χ2v) is 17.4. The number of carbonyl (C=O) groups is 3. The second-order valence-electron chi connectivity index (χ2n) is 17.4. The molecule has 0 bridgehead atoms. The minimum Gasteiger partial charge on any atom is -0.462 e. The lowest BCUT2D eigenvalue weighted by Crippen LogP contribution is -2.30. The van der Waals surface area contributed by atoms with Crippen molar-refractivity contribution in [2.24, 2.45) is 0 Å². The van der Waals surface area contributed by atoms with Crippen LogP contribution >= 0.6 is 0 Å². The molecule has 6 heteroatoms. The third kappa shape index (κ3) is 49.7. The van der Waals surface area contributed by atoms with Gasteiger partial charge in [-0.2, -0.15) is 0 Å². The number of esters is 3. The molecule has 0 saturated heterocycles. The normalized spacial score (nSPS) is 12.2. The highest BCUT2D eigenvalue weighted by Crippen LogP contribution is 2.14. The summed E-state index contributed by atoms with van der Waals surface area (Å²) in [6.07, 6.45) is 64.5. The van der Waals surface area contributed by atoms with Crippen molar-refractivity contribution in [1.82, 2.24) is 0 Å². The van der Waals surface area contributed by atoms with Crippen LogP contribution in [0.3, 0.4) is 0 Å². The Hall–Kier alpha value is -3.15. The van der Waals surface area contributed by atoms with Gasteiger partial charge in [0.1, 0.15) is 13.2 Å². The summed E-state index contributed by atoms with van der Waals surface area (Å²) in [5, 5.41) is 0. The fourth-order valence-electron chi connectivity index (χ4n) is 7.19. The van der Waals surface area contributed by atoms with Gasteiger partial charge in [0.25, 0.3) is 0 Å². The van der Waals surface area contributed by atoms with Crippen molar-refractivity contribution in [3.63, 3.8) is 0 Å². The predicted octanol–water partition coefficient (Wildman–Crippen LogP) is 17.4. The molecule has 0 aromatic rings. The number of carbonyl (C=O) groups excluding carboxylic acids is 3. The van der Waals surface area contributed by atoms with Crippen LogP contribution in [0.5, 0.6) is 0 Å². The van der Waals surface area contributed by atoms with Crippen LogP contribution in [0, 0.1) is 0 Å². The molecule has 0 aromatic heterocycles. The first-order valence-corrected chi connectivity index (χ1v) is 26.4. The molecule has 0 atom stereocenters. The van der Waals surface area contributed by atoms with Crippen LogP contribution < -0.4 is 0 Å². The molecule has 63 heavy (non-hydrogen) atoms. The van der Waals surface area contributed by atoms with Gasteiger partial charge < -0.3 is 14.2 Å². The lowest BCUT2D eigenvalue weighted by atomic mass is 10.1. The lowest BCUT2D eigenvalue weighted by molar-refractivity contribution is -0.167. The summed E-state index contributed by atoms with van der Waals surface area (Å²) in [4.78, 5) is 38.0. The molecule has 0 aliphatic carbocycles. The van der Waals surface area contributed by atoms with Crippen LogP contribution in [0.25, 0.3) is 0 Å². The third-order valence-corrected chi connectivity index (χ3v) is 11.2. The Morgan fingerprint density at radius 1 is 0.333 bits per heavy atom. The molecule has 0 N–H and O–H groups in total. The summed E-state index contributed by atoms with van der Waals surface area (Å²) in [6, 6.07) is 0. The molecule has 362 valence electrons. The molecule has 0 aliphatic heterocycles. The number of ether oxygens (including phenoxy) is 3. The van der Waals surface area contributed by atoms with Crippen LogP contribution in [0.2, 0.25) is 0 Å². The summed E-state index contributed by atoms with van der Waals surface area (Å²) in [7, 11) is 0. The second kappa shape index (κ2) is 51.5. The van der Waals surface area contributed by atoms with Crippen LogP contribution in [0.1, 0.15) is 252 Å². The van der Waals surface area contributed by atoms with Gasteiger partial charge in [-0.1, -0.05) is 196 Å². The van der Waals surface area contributed by atoms with Crippen molar-refractivity contribution in [1.29, 1.82) is 0 Å². The fourth-order valence-corrected chi connectivity index (χ4v) is 7.19. The van der Waals surface area contributed by atoms with Gasteiger partial charge in [0, 0.05) is 19.3 Å². The van der Waals surface area contributed by atoms with Gasteiger partial charge in [0.15, 0.2) is 6.10 Å². The van der Waals surface area contributed by atoms with E-state index in [1.54, 1.807) is 0 Å². The lowest BCUT2D eigenvalue weighted by Gasteiger charge is -2.18. The van der Waals surface area contributed by atoms with E-state index in [2.05, 4.69) is 93.7 Å². The molecule has 0 amide bonds. The first-order valence-electron chi connectivity index (χ1n) is 26.4. The van der Waals surface area contributed by atoms with Crippen molar-refractivity contribution >= 4 is 17.9 Å². The average Bonchev–Trinajstić information content (AvgIpc) is 3.28. The van der Waals surface area contributed by atoms with Gasteiger partial charge in [-0.3, -0.25) is 14.4 Å². The van der Waals surface area contributed by atoms with E-state index in [-0.39, 0.29) is 37.5 Å². The van der Waals surface area contributed by atoms with Gasteiger partial charge in [0.2, 0.25) is 0 Å². The van der Waals surface area contributed by atoms with E-state index in [1.165, 1.54) is 128 Å². The van der Waals surface area contributed by atoms with Crippen LogP contribution in [-0.2, 0) is 28.6 Å². The highest BCUT2D eigenvalue weighted by Gasteiger charge is 2.19. The Labute approximate surface area is 389 Å². The molecule has 0 spiro atoms. The Morgan fingerprint density at radius 3 is 1.02 bits per heavy atom. The van der Waals surface area contributed by atoms with Crippen molar-refractivity contribution < 1.29 is 28.6 Å². The van der Waals surface area contributed by atoms with Crippen LogP contribution in [0.4, 0.5) is 0 Å². The van der Waals surface area contributed by atoms with E-state index in [0.717, 1.165) is 77.0 Å². The van der Waals surface area contributed by atoms with E-state index in [4.69, 9.17) is 14.2 Å². The number of allylic oxidation sites excluding steroid dienone is 12. The summed E-state index contributed by atoms with van der Waals surface area (Å²) in [5.74, 6) is -0.943. The largest absolute Gasteiger partial charge is 0.462 e. The maximum absolute atomic E-state index is 12.8. The number of hydrogen-bond acceptors (Lipinski definition) is 6. The standard InChI is InChI=1S/C57H98O6/c1-4-7-10-13-16-19-22-25-28-31-34-37-40-43-46-49-55(58)61-52-54(63-57(60)51-48-45-42-39-36-33-30-27-24-21-18-15-12-9-6-3)53-62-56(59)50-47-44-41-38-35-32-29-26-23-20-17-14-11-8-5-2/h9,12,18-23,27,30,36,39,54H,4-8,10-11,13-17,24-26,28-29,31-35,37-38,40-53H2,1-3H3/b12-9-,21-18-,22-19-,23-20-,30-27-,39-36-. The van der Waals surface area contributed by atoms with Gasteiger partial charge in [-0.25, -0.2) is 0 Å². The number of unbranched alkanes of at least 4 members (excludes halogenated alkanes) is 24. The van der Waals surface area contributed by atoms with Crippen LogP contribution in [-0.4, -0.2) is 37.2 Å². The van der Waals surface area contributed by atoms with E-state index < -0.39 is 6.10 Å². The minimum atomic E-state index is -0.800. The highest BCUT2D eigenvalue weighted by molar-refractivity contribution is 5.71. The first-order chi connectivity index (χ1) is 31.0. The van der Waals surface area contributed by atoms with Gasteiger partial charge >= 0.3 is 17.9 Å². The van der Waals surface area contributed by atoms with Gasteiger partial charge in [0.05, 0.1) is 0 Å². The van der Waals surface area contributed by atoms with Gasteiger partial charge in [-0.05, 0) is 109 Å². The van der Waals surface area contributed by atoms with Crippen LogP contribution in [0.15, 0.2) is 72.9 Å². The summed E-state index contributed by atoms with van der Waals surface area (Å²) < 4.78 is 16.8. The van der Waals surface area contributed by atoms with Crippen molar-refractivity contribution in [3.8, 4) is 0 Å². The monoisotopic (exact) mass is 879 g/mol. The maximum atomic E-state index is 12.8. The summed E-state index contributed by atoms with van der Waals surface area (Å²) in [5.41, 5.74) is 0. The predicted molar refractivity (Wildman–Crippen MR) is 270 cm³/mol. The molecular formula is C57H98O6. The number of hydrogen-bond donors (Lipinski definition) is 0. The molecule has 0 heterocycles. The Balaban J connectivity index is 4.46. The summed E-state index contributed by atoms with van der Waals surface area (Å²) >= 11 is 0. The smallest absolute Gasteiger partial charge is 0.306 e. The average molecular weight is 879 g/mol. The summed E-state index contributed by atoms with van der Waals surface area (Å²) in [6.45, 7) is 6.46.